The van der Waals surface area contributed by atoms with Gasteiger partial charge in [0.05, 0.1) is 0 Å². The first-order valence-electron chi connectivity index (χ1n) is 10.2. The summed E-state index contributed by atoms with van der Waals surface area (Å²) in [7, 11) is 0. The minimum absolute atomic E-state index is 0.143. The van der Waals surface area contributed by atoms with E-state index in [-0.39, 0.29) is 12.1 Å². The Bertz CT molecular complexity index is 685. The summed E-state index contributed by atoms with van der Waals surface area (Å²) in [6.07, 6.45) is 2.05. The molecule has 2 aromatic carbocycles. The van der Waals surface area contributed by atoms with Crippen LogP contribution in [0.4, 0.5) is 10.5 Å². The minimum Gasteiger partial charge on any atom is -0.489 e. The highest BCUT2D eigenvalue weighted by atomic mass is 16.5. The van der Waals surface area contributed by atoms with E-state index in [1.54, 1.807) is 0 Å². The summed E-state index contributed by atoms with van der Waals surface area (Å²) in [5.74, 6) is 0.777. The molecule has 0 aliphatic carbocycles. The molecule has 2 aromatic rings. The van der Waals surface area contributed by atoms with Gasteiger partial charge in [0.25, 0.3) is 0 Å². The fourth-order valence-corrected chi connectivity index (χ4v) is 3.00. The van der Waals surface area contributed by atoms with Gasteiger partial charge < -0.3 is 20.3 Å². The van der Waals surface area contributed by atoms with Crippen LogP contribution in [0.15, 0.2) is 54.6 Å². The van der Waals surface area contributed by atoms with E-state index in [1.165, 1.54) is 0 Å². The van der Waals surface area contributed by atoms with Gasteiger partial charge in [-0.05, 0) is 69.2 Å². The van der Waals surface area contributed by atoms with Crippen molar-refractivity contribution in [3.05, 3.63) is 60.2 Å². The topological polar surface area (TPSA) is 53.6 Å². The Hall–Kier alpha value is -2.53. The van der Waals surface area contributed by atoms with Crippen molar-refractivity contribution in [2.24, 2.45) is 0 Å². The molecule has 28 heavy (non-hydrogen) atoms. The molecule has 0 aliphatic rings. The number of hydrogen-bond acceptors (Lipinski definition) is 3. The van der Waals surface area contributed by atoms with Crippen LogP contribution in [0.25, 0.3) is 0 Å². The highest BCUT2D eigenvalue weighted by molar-refractivity contribution is 5.89. The van der Waals surface area contributed by atoms with E-state index >= 15 is 0 Å². The molecular weight excluding hydrogens is 350 g/mol. The van der Waals surface area contributed by atoms with Gasteiger partial charge in [0.2, 0.25) is 0 Å². The molecule has 5 heteroatoms. The summed E-state index contributed by atoms with van der Waals surface area (Å²) >= 11 is 0. The molecule has 0 heterocycles. The molecular formula is C23H33N3O2. The number of hydrogen-bond donors (Lipinski definition) is 2. The zero-order valence-electron chi connectivity index (χ0n) is 17.3. The Morgan fingerprint density at radius 2 is 1.71 bits per heavy atom. The number of carbonyl (C=O) groups excluding carboxylic acids is 1. The third-order valence-corrected chi connectivity index (χ3v) is 4.74. The van der Waals surface area contributed by atoms with Crippen LogP contribution in [0.3, 0.4) is 0 Å². The van der Waals surface area contributed by atoms with Crippen molar-refractivity contribution < 1.29 is 9.53 Å². The zero-order valence-corrected chi connectivity index (χ0v) is 17.3. The molecule has 152 valence electrons. The van der Waals surface area contributed by atoms with E-state index in [0.717, 1.165) is 49.5 Å². The number of nitrogens with one attached hydrogen (secondary N) is 2. The third kappa shape index (κ3) is 8.01. The smallest absolute Gasteiger partial charge is 0.319 e. The van der Waals surface area contributed by atoms with Crippen molar-refractivity contribution in [1.82, 2.24) is 10.2 Å². The average Bonchev–Trinajstić information content (AvgIpc) is 2.71. The van der Waals surface area contributed by atoms with Crippen LogP contribution < -0.4 is 15.4 Å². The lowest BCUT2D eigenvalue weighted by atomic mass is 10.2. The highest BCUT2D eigenvalue weighted by Crippen LogP contribution is 2.17. The summed E-state index contributed by atoms with van der Waals surface area (Å²) in [4.78, 5) is 14.6. The maximum absolute atomic E-state index is 12.2. The SMILES string of the molecule is CCN(CC)CCCC(C)NC(=O)Nc1ccc(OCc2ccccc2)cc1. The summed E-state index contributed by atoms with van der Waals surface area (Å²) in [5.41, 5.74) is 1.87. The number of benzene rings is 2. The molecule has 0 fully saturated rings. The standard InChI is InChI=1S/C23H33N3O2/c1-4-26(5-2)17-9-10-19(3)24-23(27)25-21-13-15-22(16-14-21)28-18-20-11-7-6-8-12-20/h6-8,11-16,19H,4-5,9-10,17-18H2,1-3H3,(H2,24,25,27). The van der Waals surface area contributed by atoms with Crippen LogP contribution >= 0.6 is 0 Å². The number of carbonyl (C=O) groups is 1. The van der Waals surface area contributed by atoms with E-state index in [4.69, 9.17) is 4.74 Å². The molecule has 0 aliphatic heterocycles. The van der Waals surface area contributed by atoms with Gasteiger partial charge >= 0.3 is 6.03 Å². The second kappa shape index (κ2) is 12.0. The molecule has 0 bridgehead atoms. The van der Waals surface area contributed by atoms with Gasteiger partial charge in [-0.3, -0.25) is 0 Å². The molecule has 2 amide bonds. The van der Waals surface area contributed by atoms with E-state index in [0.29, 0.717) is 6.61 Å². The van der Waals surface area contributed by atoms with Crippen molar-refractivity contribution in [2.45, 2.75) is 46.3 Å². The maximum Gasteiger partial charge on any atom is 0.319 e. The fraction of sp³-hybridized carbons (Fsp3) is 0.435. The zero-order chi connectivity index (χ0) is 20.2. The van der Waals surface area contributed by atoms with E-state index in [9.17, 15) is 4.79 Å². The molecule has 1 unspecified atom stereocenters. The quantitative estimate of drug-likeness (QED) is 0.580. The first-order valence-corrected chi connectivity index (χ1v) is 10.2. The number of amides is 2. The summed E-state index contributed by atoms with van der Waals surface area (Å²) in [6, 6.07) is 17.4. The molecule has 1 atom stereocenters. The molecule has 0 saturated heterocycles. The lowest BCUT2D eigenvalue weighted by molar-refractivity contribution is 0.247. The van der Waals surface area contributed by atoms with Crippen molar-refractivity contribution >= 4 is 11.7 Å². The van der Waals surface area contributed by atoms with Gasteiger partial charge in [-0.15, -0.1) is 0 Å². The van der Waals surface area contributed by atoms with Gasteiger partial charge in [-0.25, -0.2) is 4.79 Å². The largest absolute Gasteiger partial charge is 0.489 e. The number of rotatable bonds is 11. The van der Waals surface area contributed by atoms with Crippen LogP contribution in [-0.2, 0) is 6.61 Å². The number of urea groups is 1. The first-order chi connectivity index (χ1) is 13.6. The van der Waals surface area contributed by atoms with Crippen LogP contribution in [0.2, 0.25) is 0 Å². The molecule has 0 radical (unpaired) electrons. The first kappa shape index (κ1) is 21.8. The van der Waals surface area contributed by atoms with Crippen LogP contribution in [0.1, 0.15) is 39.2 Å². The van der Waals surface area contributed by atoms with Gasteiger partial charge in [-0.1, -0.05) is 44.2 Å². The lowest BCUT2D eigenvalue weighted by Gasteiger charge is -2.20. The molecule has 5 nitrogen and oxygen atoms in total. The van der Waals surface area contributed by atoms with Gasteiger partial charge in [0.15, 0.2) is 0 Å². The second-order valence-electron chi connectivity index (χ2n) is 6.97. The van der Waals surface area contributed by atoms with E-state index in [2.05, 4.69) is 29.4 Å². The Kier molecular flexibility index (Phi) is 9.35. The highest BCUT2D eigenvalue weighted by Gasteiger charge is 2.08. The number of ether oxygens (including phenoxy) is 1. The van der Waals surface area contributed by atoms with Crippen LogP contribution in [-0.4, -0.2) is 36.6 Å². The Balaban J connectivity index is 1.70. The summed E-state index contributed by atoms with van der Waals surface area (Å²) < 4.78 is 5.77. The molecule has 0 saturated carbocycles. The van der Waals surface area contributed by atoms with Crippen LogP contribution in [0.5, 0.6) is 5.75 Å². The molecule has 0 aromatic heterocycles. The second-order valence-corrected chi connectivity index (χ2v) is 6.97. The van der Waals surface area contributed by atoms with E-state index in [1.807, 2.05) is 61.5 Å². The Labute approximate surface area is 169 Å². The number of nitrogens with zero attached hydrogens (tertiary/aromatic N) is 1. The van der Waals surface area contributed by atoms with Crippen molar-refractivity contribution in [1.29, 1.82) is 0 Å². The average molecular weight is 384 g/mol. The number of anilines is 1. The summed E-state index contributed by atoms with van der Waals surface area (Å²) in [5, 5.41) is 5.88. The lowest BCUT2D eigenvalue weighted by Crippen LogP contribution is -2.36. The van der Waals surface area contributed by atoms with Gasteiger partial charge in [-0.2, -0.15) is 0 Å². The third-order valence-electron chi connectivity index (χ3n) is 4.74. The fourth-order valence-electron chi connectivity index (χ4n) is 3.00. The molecule has 2 rings (SSSR count). The van der Waals surface area contributed by atoms with Gasteiger partial charge in [0, 0.05) is 11.7 Å². The minimum atomic E-state index is -0.173. The van der Waals surface area contributed by atoms with Crippen molar-refractivity contribution in [3.63, 3.8) is 0 Å². The molecule has 0 spiro atoms. The maximum atomic E-state index is 12.2. The predicted octanol–water partition coefficient (Wildman–Crippen LogP) is 4.90. The monoisotopic (exact) mass is 383 g/mol. The van der Waals surface area contributed by atoms with E-state index < -0.39 is 0 Å². The molecule has 2 N–H and O–H groups in total. The Morgan fingerprint density at radius 1 is 1.04 bits per heavy atom. The predicted molar refractivity (Wildman–Crippen MR) is 116 cm³/mol. The van der Waals surface area contributed by atoms with Crippen LogP contribution in [0, 0.1) is 0 Å². The van der Waals surface area contributed by atoms with Crippen molar-refractivity contribution in [3.8, 4) is 5.75 Å². The summed E-state index contributed by atoms with van der Waals surface area (Å²) in [6.45, 7) is 10.1. The Morgan fingerprint density at radius 3 is 2.36 bits per heavy atom. The van der Waals surface area contributed by atoms with Gasteiger partial charge in [0.1, 0.15) is 12.4 Å². The van der Waals surface area contributed by atoms with Crippen molar-refractivity contribution in [2.75, 3.05) is 25.0 Å². The normalized spacial score (nSPS) is 11.9.